The molecule has 2 heteroatoms. The van der Waals surface area contributed by atoms with Crippen LogP contribution in [0.1, 0.15) is 13.8 Å². The molecule has 0 atom stereocenters. The average molecular weight is 338 g/mol. The first-order valence-electron chi connectivity index (χ1n) is 5.68. The molecule has 2 aromatic carbocycles. The number of ether oxygens (including phenoxy) is 1. The van der Waals surface area contributed by atoms with Crippen molar-refractivity contribution in [1.29, 1.82) is 0 Å². The van der Waals surface area contributed by atoms with Crippen LogP contribution in [0.3, 0.4) is 0 Å². The van der Waals surface area contributed by atoms with Crippen LogP contribution < -0.4 is 4.74 Å². The molecule has 0 saturated heterocycles. The molecular weight excluding hydrogens is 323 g/mol. The van der Waals surface area contributed by atoms with Gasteiger partial charge in [0.25, 0.3) is 0 Å². The zero-order valence-electron chi connectivity index (χ0n) is 9.98. The average Bonchev–Trinajstić information content (AvgIpc) is 2.32. The normalized spacial score (nSPS) is 10.6. The molecule has 0 aromatic heterocycles. The largest absolute Gasteiger partial charge is 0.490 e. The van der Waals surface area contributed by atoms with E-state index in [1.54, 1.807) is 0 Å². The van der Waals surface area contributed by atoms with Gasteiger partial charge in [-0.25, -0.2) is 0 Å². The summed E-state index contributed by atoms with van der Waals surface area (Å²) < 4.78 is 7.07. The van der Waals surface area contributed by atoms with Gasteiger partial charge in [0, 0.05) is 9.13 Å². The van der Waals surface area contributed by atoms with Gasteiger partial charge in [0.2, 0.25) is 0 Å². The third kappa shape index (κ3) is 3.22. The van der Waals surface area contributed by atoms with Crippen LogP contribution in [0, 0.1) is 3.57 Å². The number of hydrogen-bond donors (Lipinski definition) is 0. The van der Waals surface area contributed by atoms with E-state index in [0.717, 1.165) is 11.3 Å². The molecule has 17 heavy (non-hydrogen) atoms. The Labute approximate surface area is 116 Å². The Morgan fingerprint density at radius 3 is 2.35 bits per heavy atom. The van der Waals surface area contributed by atoms with Crippen molar-refractivity contribution in [2.45, 2.75) is 20.0 Å². The van der Waals surface area contributed by atoms with Gasteiger partial charge in [0.05, 0.1) is 6.10 Å². The quantitative estimate of drug-likeness (QED) is 0.734. The van der Waals surface area contributed by atoms with Crippen molar-refractivity contribution < 1.29 is 4.74 Å². The summed E-state index contributed by atoms with van der Waals surface area (Å²) in [7, 11) is 0. The van der Waals surface area contributed by atoms with Gasteiger partial charge in [-0.1, -0.05) is 30.3 Å². The fraction of sp³-hybridized carbons (Fsp3) is 0.200. The van der Waals surface area contributed by atoms with Crippen LogP contribution in [-0.4, -0.2) is 6.10 Å². The lowest BCUT2D eigenvalue weighted by atomic mass is 10.0. The molecule has 0 N–H and O–H groups in total. The van der Waals surface area contributed by atoms with Crippen LogP contribution >= 0.6 is 22.6 Å². The highest BCUT2D eigenvalue weighted by molar-refractivity contribution is 14.1. The van der Waals surface area contributed by atoms with Crippen LogP contribution in [0.15, 0.2) is 48.5 Å². The van der Waals surface area contributed by atoms with E-state index in [4.69, 9.17) is 4.74 Å². The van der Waals surface area contributed by atoms with Crippen molar-refractivity contribution in [3.05, 3.63) is 52.1 Å². The number of benzene rings is 2. The molecule has 0 heterocycles. The molecule has 2 rings (SSSR count). The summed E-state index contributed by atoms with van der Waals surface area (Å²) in [5.41, 5.74) is 2.35. The van der Waals surface area contributed by atoms with Crippen molar-refractivity contribution >= 4 is 22.6 Å². The highest BCUT2D eigenvalue weighted by atomic mass is 127. The van der Waals surface area contributed by atoms with E-state index in [2.05, 4.69) is 46.9 Å². The fourth-order valence-electron chi connectivity index (χ4n) is 1.70. The predicted molar refractivity (Wildman–Crippen MR) is 80.4 cm³/mol. The summed E-state index contributed by atoms with van der Waals surface area (Å²) >= 11 is 2.33. The summed E-state index contributed by atoms with van der Waals surface area (Å²) in [6.45, 7) is 4.10. The first-order chi connectivity index (χ1) is 8.16. The zero-order chi connectivity index (χ0) is 12.3. The summed E-state index contributed by atoms with van der Waals surface area (Å²) in [5.74, 6) is 0.951. The monoisotopic (exact) mass is 338 g/mol. The lowest BCUT2D eigenvalue weighted by Gasteiger charge is -2.14. The molecule has 88 valence electrons. The van der Waals surface area contributed by atoms with Gasteiger partial charge >= 0.3 is 0 Å². The Hall–Kier alpha value is -1.03. The third-order valence-corrected chi connectivity index (χ3v) is 3.06. The van der Waals surface area contributed by atoms with Crippen molar-refractivity contribution in [2.75, 3.05) is 0 Å². The third-order valence-electron chi connectivity index (χ3n) is 2.39. The van der Waals surface area contributed by atoms with Gasteiger partial charge in [-0.15, -0.1) is 0 Å². The SMILES string of the molecule is CC(C)Oc1ccc(I)cc1-c1ccccc1. The smallest absolute Gasteiger partial charge is 0.127 e. The van der Waals surface area contributed by atoms with Crippen molar-refractivity contribution in [2.24, 2.45) is 0 Å². The molecule has 0 aliphatic rings. The van der Waals surface area contributed by atoms with E-state index in [1.807, 2.05) is 38.1 Å². The van der Waals surface area contributed by atoms with Crippen molar-refractivity contribution in [3.8, 4) is 16.9 Å². The van der Waals surface area contributed by atoms with Crippen LogP contribution in [-0.2, 0) is 0 Å². The van der Waals surface area contributed by atoms with E-state index in [0.29, 0.717) is 0 Å². The lowest BCUT2D eigenvalue weighted by Crippen LogP contribution is -2.06. The van der Waals surface area contributed by atoms with Gasteiger partial charge in [-0.2, -0.15) is 0 Å². The minimum atomic E-state index is 0.192. The number of rotatable bonds is 3. The number of hydrogen-bond acceptors (Lipinski definition) is 1. The minimum Gasteiger partial charge on any atom is -0.490 e. The van der Waals surface area contributed by atoms with Crippen molar-refractivity contribution in [3.63, 3.8) is 0 Å². The van der Waals surface area contributed by atoms with E-state index in [9.17, 15) is 0 Å². The molecule has 0 aliphatic carbocycles. The van der Waals surface area contributed by atoms with Crippen molar-refractivity contribution in [1.82, 2.24) is 0 Å². The highest BCUT2D eigenvalue weighted by Crippen LogP contribution is 2.32. The van der Waals surface area contributed by atoms with Gasteiger partial charge in [0.15, 0.2) is 0 Å². The van der Waals surface area contributed by atoms with Gasteiger partial charge in [0.1, 0.15) is 5.75 Å². The molecule has 0 radical (unpaired) electrons. The molecule has 0 spiro atoms. The van der Waals surface area contributed by atoms with E-state index < -0.39 is 0 Å². The Morgan fingerprint density at radius 2 is 1.71 bits per heavy atom. The highest BCUT2D eigenvalue weighted by Gasteiger charge is 2.08. The van der Waals surface area contributed by atoms with Crippen LogP contribution in [0.25, 0.3) is 11.1 Å². The zero-order valence-corrected chi connectivity index (χ0v) is 12.1. The maximum atomic E-state index is 5.85. The van der Waals surface area contributed by atoms with Crippen LogP contribution in [0.4, 0.5) is 0 Å². The molecule has 0 saturated carbocycles. The Bertz CT molecular complexity index is 492. The van der Waals surface area contributed by atoms with Gasteiger partial charge in [-0.05, 0) is 60.2 Å². The molecule has 1 nitrogen and oxygen atoms in total. The van der Waals surface area contributed by atoms with E-state index >= 15 is 0 Å². The van der Waals surface area contributed by atoms with E-state index in [1.165, 1.54) is 9.13 Å². The molecule has 0 amide bonds. The Balaban J connectivity index is 2.47. The summed E-state index contributed by atoms with van der Waals surface area (Å²) in [6, 6.07) is 16.6. The maximum absolute atomic E-state index is 5.85. The van der Waals surface area contributed by atoms with Gasteiger partial charge in [-0.3, -0.25) is 0 Å². The van der Waals surface area contributed by atoms with Crippen LogP contribution in [0.5, 0.6) is 5.75 Å². The molecule has 2 aromatic rings. The Kier molecular flexibility index (Phi) is 4.05. The summed E-state index contributed by atoms with van der Waals surface area (Å²) in [4.78, 5) is 0. The van der Waals surface area contributed by atoms with Crippen LogP contribution in [0.2, 0.25) is 0 Å². The molecule has 0 aliphatic heterocycles. The molecule has 0 fully saturated rings. The lowest BCUT2D eigenvalue weighted by molar-refractivity contribution is 0.243. The van der Waals surface area contributed by atoms with E-state index in [-0.39, 0.29) is 6.10 Å². The van der Waals surface area contributed by atoms with Gasteiger partial charge < -0.3 is 4.74 Å². The summed E-state index contributed by atoms with van der Waals surface area (Å²) in [6.07, 6.45) is 0.192. The molecule has 0 bridgehead atoms. The second kappa shape index (κ2) is 5.54. The standard InChI is InChI=1S/C15H15IO/c1-11(2)17-15-9-8-13(16)10-14(15)12-6-4-3-5-7-12/h3-11H,1-2H3. The maximum Gasteiger partial charge on any atom is 0.127 e. The molecule has 0 unspecified atom stereocenters. The second-order valence-corrected chi connectivity index (χ2v) is 5.42. The minimum absolute atomic E-state index is 0.192. The first-order valence-corrected chi connectivity index (χ1v) is 6.76. The number of halogens is 1. The first kappa shape index (κ1) is 12.4. The summed E-state index contributed by atoms with van der Waals surface area (Å²) in [5, 5.41) is 0. The second-order valence-electron chi connectivity index (χ2n) is 4.17. The molecular formula is C15H15IO. The Morgan fingerprint density at radius 1 is 1.00 bits per heavy atom. The fourth-order valence-corrected chi connectivity index (χ4v) is 2.19. The topological polar surface area (TPSA) is 9.23 Å². The predicted octanol–water partition coefficient (Wildman–Crippen LogP) is 4.75.